The molecule has 25 heavy (non-hydrogen) atoms. The van der Waals surface area contributed by atoms with Gasteiger partial charge < -0.3 is 10.1 Å². The molecule has 2 aromatic rings. The van der Waals surface area contributed by atoms with Gasteiger partial charge in [0.2, 0.25) is 0 Å². The molecule has 3 rings (SSSR count). The van der Waals surface area contributed by atoms with Gasteiger partial charge in [-0.25, -0.2) is 4.39 Å². The molecule has 1 fully saturated rings. The van der Waals surface area contributed by atoms with Crippen LogP contribution in [0.1, 0.15) is 35.9 Å². The minimum atomic E-state index is -0.352. The molecule has 7 heteroatoms. The zero-order valence-electron chi connectivity index (χ0n) is 14.3. The van der Waals surface area contributed by atoms with Gasteiger partial charge in [0, 0.05) is 18.7 Å². The van der Waals surface area contributed by atoms with Gasteiger partial charge in [0.05, 0.1) is 5.69 Å². The van der Waals surface area contributed by atoms with Gasteiger partial charge in [0.25, 0.3) is 5.91 Å². The lowest BCUT2D eigenvalue weighted by molar-refractivity contribution is 0.0936. The highest BCUT2D eigenvalue weighted by Gasteiger charge is 2.23. The molecule has 1 atom stereocenters. The Morgan fingerprint density at radius 2 is 2.36 bits per heavy atom. The van der Waals surface area contributed by atoms with E-state index in [9.17, 15) is 9.18 Å². The summed E-state index contributed by atoms with van der Waals surface area (Å²) in [6, 6.07) is 7.98. The number of H-pyrrole nitrogens is 1. The minimum absolute atomic E-state index is 0.190. The molecule has 0 unspecified atom stereocenters. The van der Waals surface area contributed by atoms with Crippen molar-refractivity contribution >= 4 is 5.91 Å². The molecule has 0 bridgehead atoms. The van der Waals surface area contributed by atoms with Gasteiger partial charge in [-0.3, -0.25) is 14.8 Å². The van der Waals surface area contributed by atoms with Crippen molar-refractivity contribution in [1.82, 2.24) is 20.4 Å². The largest absolute Gasteiger partial charge is 0.487 e. The van der Waals surface area contributed by atoms with Crippen LogP contribution in [0.2, 0.25) is 0 Å². The number of hydrogen-bond donors (Lipinski definition) is 2. The van der Waals surface area contributed by atoms with Gasteiger partial charge in [-0.05, 0) is 44.1 Å². The molecule has 0 aliphatic carbocycles. The van der Waals surface area contributed by atoms with E-state index in [1.54, 1.807) is 18.2 Å². The van der Waals surface area contributed by atoms with Crippen LogP contribution in [0.3, 0.4) is 0 Å². The van der Waals surface area contributed by atoms with E-state index in [2.05, 4.69) is 27.3 Å². The first kappa shape index (κ1) is 17.4. The number of nitrogens with zero attached hydrogens (tertiary/aromatic N) is 2. The molecule has 0 radical (unpaired) electrons. The Labute approximate surface area is 146 Å². The van der Waals surface area contributed by atoms with Crippen molar-refractivity contribution in [2.24, 2.45) is 0 Å². The summed E-state index contributed by atoms with van der Waals surface area (Å²) in [5, 5.41) is 9.75. The molecule has 6 nitrogen and oxygen atoms in total. The number of carbonyl (C=O) groups is 1. The van der Waals surface area contributed by atoms with Crippen LogP contribution >= 0.6 is 0 Å². The first-order chi connectivity index (χ1) is 12.2. The fraction of sp³-hybridized carbons (Fsp3) is 0.444. The predicted octanol–water partition coefficient (Wildman–Crippen LogP) is 2.34. The molecule has 1 amide bonds. The van der Waals surface area contributed by atoms with Crippen molar-refractivity contribution in [3.63, 3.8) is 0 Å². The first-order valence-electron chi connectivity index (χ1n) is 8.60. The molecular weight excluding hydrogens is 323 g/mol. The van der Waals surface area contributed by atoms with Crippen molar-refractivity contribution in [3.05, 3.63) is 47.5 Å². The number of aromatic amines is 1. The second kappa shape index (κ2) is 8.11. The van der Waals surface area contributed by atoms with Gasteiger partial charge in [0.15, 0.2) is 0 Å². The van der Waals surface area contributed by atoms with Crippen LogP contribution in [0.5, 0.6) is 5.75 Å². The second-order valence-electron chi connectivity index (χ2n) is 6.16. The number of halogens is 1. The normalized spacial score (nSPS) is 17.6. The van der Waals surface area contributed by atoms with Crippen molar-refractivity contribution < 1.29 is 13.9 Å². The summed E-state index contributed by atoms with van der Waals surface area (Å²) in [7, 11) is 0. The summed E-state index contributed by atoms with van der Waals surface area (Å²) in [6.45, 7) is 5.06. The Kier molecular flexibility index (Phi) is 5.65. The Balaban J connectivity index is 1.49. The van der Waals surface area contributed by atoms with Crippen molar-refractivity contribution in [1.29, 1.82) is 0 Å². The molecule has 1 aromatic heterocycles. The number of ether oxygens (including phenoxy) is 1. The van der Waals surface area contributed by atoms with Crippen LogP contribution < -0.4 is 10.1 Å². The highest BCUT2D eigenvalue weighted by Crippen LogP contribution is 2.16. The standard InChI is InChI=1S/C18H23FN4O2/c1-2-23-8-4-6-15(23)11-20-18(24)17-10-14(21-22-17)12-25-16-7-3-5-13(19)9-16/h3,5,7,9-10,15H,2,4,6,8,11-12H2,1H3,(H,20,24)(H,21,22)/t15-/m1/s1. The summed E-state index contributed by atoms with van der Waals surface area (Å²) >= 11 is 0. The highest BCUT2D eigenvalue weighted by atomic mass is 19.1. The zero-order chi connectivity index (χ0) is 17.6. The van der Waals surface area contributed by atoms with Crippen LogP contribution in [0.15, 0.2) is 30.3 Å². The molecule has 2 N–H and O–H groups in total. The Morgan fingerprint density at radius 3 is 3.16 bits per heavy atom. The predicted molar refractivity (Wildman–Crippen MR) is 91.9 cm³/mol. The fourth-order valence-corrected chi connectivity index (χ4v) is 3.11. The molecule has 0 saturated carbocycles. The van der Waals surface area contributed by atoms with E-state index in [0.29, 0.717) is 29.7 Å². The first-order valence-corrected chi connectivity index (χ1v) is 8.60. The smallest absolute Gasteiger partial charge is 0.271 e. The van der Waals surface area contributed by atoms with E-state index in [1.807, 2.05) is 0 Å². The molecule has 0 spiro atoms. The van der Waals surface area contributed by atoms with Gasteiger partial charge in [-0.1, -0.05) is 13.0 Å². The summed E-state index contributed by atoms with van der Waals surface area (Å²) in [4.78, 5) is 14.6. The number of likely N-dealkylation sites (tertiary alicyclic amines) is 1. The van der Waals surface area contributed by atoms with Crippen molar-refractivity contribution in [2.45, 2.75) is 32.4 Å². The van der Waals surface area contributed by atoms with E-state index in [-0.39, 0.29) is 18.3 Å². The third-order valence-corrected chi connectivity index (χ3v) is 4.46. The highest BCUT2D eigenvalue weighted by molar-refractivity contribution is 5.92. The number of amides is 1. The van der Waals surface area contributed by atoms with Crippen LogP contribution in [-0.4, -0.2) is 46.7 Å². The average molecular weight is 346 g/mol. The fourth-order valence-electron chi connectivity index (χ4n) is 3.11. The summed E-state index contributed by atoms with van der Waals surface area (Å²) in [6.07, 6.45) is 2.29. The van der Waals surface area contributed by atoms with E-state index in [0.717, 1.165) is 19.5 Å². The summed E-state index contributed by atoms with van der Waals surface area (Å²) in [5.41, 5.74) is 0.990. The minimum Gasteiger partial charge on any atom is -0.487 e. The van der Waals surface area contributed by atoms with Crippen molar-refractivity contribution in [3.8, 4) is 5.75 Å². The molecule has 1 aromatic carbocycles. The molecule has 1 aliphatic heterocycles. The lowest BCUT2D eigenvalue weighted by atomic mass is 10.2. The van der Waals surface area contributed by atoms with E-state index in [1.165, 1.54) is 18.6 Å². The quantitative estimate of drug-likeness (QED) is 0.807. The number of benzene rings is 1. The van der Waals surface area contributed by atoms with Crippen LogP contribution in [-0.2, 0) is 6.61 Å². The monoisotopic (exact) mass is 346 g/mol. The number of aromatic nitrogens is 2. The van der Waals surface area contributed by atoms with Crippen LogP contribution in [0.4, 0.5) is 4.39 Å². The van der Waals surface area contributed by atoms with Gasteiger partial charge in [0.1, 0.15) is 23.9 Å². The summed E-state index contributed by atoms with van der Waals surface area (Å²) in [5.74, 6) is -0.118. The van der Waals surface area contributed by atoms with Gasteiger partial charge in [-0.15, -0.1) is 0 Å². The SMILES string of the molecule is CCN1CCC[C@@H]1CNC(=O)c1cc(COc2cccc(F)c2)[nH]n1. The third kappa shape index (κ3) is 4.57. The van der Waals surface area contributed by atoms with E-state index < -0.39 is 0 Å². The van der Waals surface area contributed by atoms with E-state index >= 15 is 0 Å². The lowest BCUT2D eigenvalue weighted by Crippen LogP contribution is -2.40. The molecule has 1 aliphatic rings. The topological polar surface area (TPSA) is 70.2 Å². The Hall–Kier alpha value is -2.41. The number of likely N-dealkylation sites (N-methyl/N-ethyl adjacent to an activating group) is 1. The maximum Gasteiger partial charge on any atom is 0.271 e. The van der Waals surface area contributed by atoms with Crippen molar-refractivity contribution in [2.75, 3.05) is 19.6 Å². The van der Waals surface area contributed by atoms with Crippen LogP contribution in [0, 0.1) is 5.82 Å². The third-order valence-electron chi connectivity index (χ3n) is 4.46. The molecule has 2 heterocycles. The number of hydrogen-bond acceptors (Lipinski definition) is 4. The Morgan fingerprint density at radius 1 is 1.48 bits per heavy atom. The number of nitrogens with one attached hydrogen (secondary N) is 2. The number of carbonyl (C=O) groups excluding carboxylic acids is 1. The average Bonchev–Trinajstić information content (AvgIpc) is 3.27. The lowest BCUT2D eigenvalue weighted by Gasteiger charge is -2.22. The molecule has 1 saturated heterocycles. The Bertz CT molecular complexity index is 719. The van der Waals surface area contributed by atoms with Crippen LogP contribution in [0.25, 0.3) is 0 Å². The van der Waals surface area contributed by atoms with Gasteiger partial charge >= 0.3 is 0 Å². The number of rotatable bonds is 7. The maximum atomic E-state index is 13.1. The molecule has 134 valence electrons. The zero-order valence-corrected chi connectivity index (χ0v) is 14.3. The molecular formula is C18H23FN4O2. The van der Waals surface area contributed by atoms with Gasteiger partial charge in [-0.2, -0.15) is 5.10 Å². The maximum absolute atomic E-state index is 13.1. The van der Waals surface area contributed by atoms with E-state index in [4.69, 9.17) is 4.74 Å². The second-order valence-corrected chi connectivity index (χ2v) is 6.16. The summed E-state index contributed by atoms with van der Waals surface area (Å²) < 4.78 is 18.6.